The van der Waals surface area contributed by atoms with E-state index in [1.807, 2.05) is 72.8 Å². The number of carbonyl (C=O) groups is 4. The lowest BCUT2D eigenvalue weighted by atomic mass is 9.99. The van der Waals surface area contributed by atoms with Crippen LogP contribution in [0.25, 0.3) is 0 Å². The average molecular weight is 573 g/mol. The number of ketones is 4. The Bertz CT molecular complexity index is 1580. The van der Waals surface area contributed by atoms with Gasteiger partial charge in [-0.2, -0.15) is 0 Å². The molecule has 0 unspecified atom stereocenters. The molecule has 0 spiro atoms. The second kappa shape index (κ2) is 14.3. The van der Waals surface area contributed by atoms with Crippen LogP contribution in [0.4, 0.5) is 0 Å². The molecule has 6 aromatic carbocycles. The number of rotatable bonds is 8. The van der Waals surface area contributed by atoms with Gasteiger partial charge in [-0.15, -0.1) is 0 Å². The second-order valence-corrected chi connectivity index (χ2v) is 9.94. The summed E-state index contributed by atoms with van der Waals surface area (Å²) in [6.07, 6.45) is 0. The van der Waals surface area contributed by atoms with Gasteiger partial charge in [0.25, 0.3) is 0 Å². The highest BCUT2D eigenvalue weighted by molar-refractivity contribution is 6.12. The minimum atomic E-state index is -0.0423. The van der Waals surface area contributed by atoms with Crippen molar-refractivity contribution >= 4 is 23.1 Å². The van der Waals surface area contributed by atoms with Crippen LogP contribution in [0.5, 0.6) is 0 Å². The fourth-order valence-corrected chi connectivity index (χ4v) is 4.57. The molecule has 0 saturated carbocycles. The first-order valence-electron chi connectivity index (χ1n) is 14.1. The molecule has 0 radical (unpaired) electrons. The van der Waals surface area contributed by atoms with Crippen LogP contribution in [0, 0.1) is 0 Å². The fourth-order valence-electron chi connectivity index (χ4n) is 4.57. The molecule has 4 nitrogen and oxygen atoms in total. The lowest BCUT2D eigenvalue weighted by Crippen LogP contribution is -2.04. The summed E-state index contributed by atoms with van der Waals surface area (Å²) >= 11 is 0. The van der Waals surface area contributed by atoms with Crippen LogP contribution in [0.1, 0.15) is 63.7 Å². The predicted molar refractivity (Wildman–Crippen MR) is 172 cm³/mol. The van der Waals surface area contributed by atoms with Crippen LogP contribution in [0.3, 0.4) is 0 Å². The predicted octanol–water partition coefficient (Wildman–Crippen LogP) is 8.30. The maximum absolute atomic E-state index is 12.3. The Kier molecular flexibility index (Phi) is 9.55. The average Bonchev–Trinajstić information content (AvgIpc) is 3.12. The smallest absolute Gasteiger partial charge is 0.193 e. The largest absolute Gasteiger partial charge is 0.289 e. The third-order valence-electron chi connectivity index (χ3n) is 6.96. The zero-order valence-corrected chi connectivity index (χ0v) is 23.8. The summed E-state index contributed by atoms with van der Waals surface area (Å²) in [5.74, 6) is -0.169. The quantitative estimate of drug-likeness (QED) is 0.172. The van der Waals surface area contributed by atoms with Crippen molar-refractivity contribution in [2.24, 2.45) is 0 Å². The van der Waals surface area contributed by atoms with Gasteiger partial charge in [0.05, 0.1) is 0 Å². The highest BCUT2D eigenvalue weighted by Crippen LogP contribution is 2.16. The first kappa shape index (κ1) is 29.5. The third kappa shape index (κ3) is 7.25. The molecule has 0 aliphatic heterocycles. The van der Waals surface area contributed by atoms with Gasteiger partial charge in [0.2, 0.25) is 0 Å². The molecular weight excluding hydrogens is 544 g/mol. The van der Waals surface area contributed by atoms with E-state index in [0.717, 1.165) is 0 Å². The van der Waals surface area contributed by atoms with Crippen LogP contribution in [0.15, 0.2) is 170 Å². The van der Waals surface area contributed by atoms with Gasteiger partial charge in [-0.25, -0.2) is 0 Å². The number of hydrogen-bond acceptors (Lipinski definition) is 4. The second-order valence-electron chi connectivity index (χ2n) is 9.94. The molecule has 6 rings (SSSR count). The monoisotopic (exact) mass is 572 g/mol. The molecule has 0 aliphatic carbocycles. The van der Waals surface area contributed by atoms with Crippen molar-refractivity contribution in [2.75, 3.05) is 0 Å². The van der Waals surface area contributed by atoms with Crippen molar-refractivity contribution < 1.29 is 19.2 Å². The molecule has 6 aromatic rings. The topological polar surface area (TPSA) is 68.3 Å². The van der Waals surface area contributed by atoms with Gasteiger partial charge in [0.1, 0.15) is 0 Å². The van der Waals surface area contributed by atoms with Crippen LogP contribution >= 0.6 is 0 Å². The number of benzene rings is 6. The normalized spacial score (nSPS) is 10.2. The molecule has 212 valence electrons. The van der Waals surface area contributed by atoms with Gasteiger partial charge in [-0.1, -0.05) is 170 Å². The van der Waals surface area contributed by atoms with E-state index in [1.54, 1.807) is 97.1 Å². The third-order valence-corrected chi connectivity index (χ3v) is 6.96. The van der Waals surface area contributed by atoms with E-state index >= 15 is 0 Å². The summed E-state index contributed by atoms with van der Waals surface area (Å²) in [5, 5.41) is 0. The van der Waals surface area contributed by atoms with Crippen molar-refractivity contribution in [3.05, 3.63) is 214 Å². The molecule has 0 N–H and O–H groups in total. The Hall–Kier alpha value is -6.00. The Labute approximate surface area is 256 Å². The summed E-state index contributed by atoms with van der Waals surface area (Å²) in [4.78, 5) is 49.3. The number of hydrogen-bond donors (Lipinski definition) is 0. The summed E-state index contributed by atoms with van der Waals surface area (Å²) in [7, 11) is 0. The molecule has 0 bridgehead atoms. The van der Waals surface area contributed by atoms with Crippen LogP contribution in [-0.4, -0.2) is 23.1 Å². The zero-order chi connectivity index (χ0) is 30.7. The van der Waals surface area contributed by atoms with E-state index in [1.165, 1.54) is 0 Å². The minimum Gasteiger partial charge on any atom is -0.289 e. The Morgan fingerprint density at radius 1 is 0.205 bits per heavy atom. The van der Waals surface area contributed by atoms with Gasteiger partial charge < -0.3 is 0 Å². The molecule has 0 saturated heterocycles. The summed E-state index contributed by atoms with van der Waals surface area (Å²) in [5.41, 5.74) is 4.89. The van der Waals surface area contributed by atoms with E-state index in [0.29, 0.717) is 44.5 Å². The lowest BCUT2D eigenvalue weighted by molar-refractivity contribution is 0.102. The molecular formula is C40H28O4. The maximum atomic E-state index is 12.3. The van der Waals surface area contributed by atoms with Gasteiger partial charge in [0.15, 0.2) is 23.1 Å². The van der Waals surface area contributed by atoms with Crippen molar-refractivity contribution in [3.8, 4) is 0 Å². The van der Waals surface area contributed by atoms with Gasteiger partial charge >= 0.3 is 0 Å². The Balaban J connectivity index is 0.000000175. The molecule has 0 amide bonds. The SMILES string of the molecule is O=C(c1ccccc1)c1ccc(C(=O)c2ccccc2)cc1.O=C(c1ccccc1)c1ccc(C(=O)c2ccccc2)cc1. The summed E-state index contributed by atoms with van der Waals surface area (Å²) in [6, 6.07) is 50.0. The van der Waals surface area contributed by atoms with Crippen LogP contribution in [0.2, 0.25) is 0 Å². The van der Waals surface area contributed by atoms with Crippen molar-refractivity contribution in [1.82, 2.24) is 0 Å². The maximum Gasteiger partial charge on any atom is 0.193 e. The van der Waals surface area contributed by atoms with E-state index in [9.17, 15) is 19.2 Å². The minimum absolute atomic E-state index is 0.0423. The van der Waals surface area contributed by atoms with Crippen molar-refractivity contribution in [3.63, 3.8) is 0 Å². The molecule has 0 atom stereocenters. The van der Waals surface area contributed by atoms with E-state index in [-0.39, 0.29) is 23.1 Å². The molecule has 0 fully saturated rings. The molecule has 4 heteroatoms. The van der Waals surface area contributed by atoms with E-state index in [2.05, 4.69) is 0 Å². The van der Waals surface area contributed by atoms with E-state index < -0.39 is 0 Å². The molecule has 44 heavy (non-hydrogen) atoms. The van der Waals surface area contributed by atoms with Crippen LogP contribution < -0.4 is 0 Å². The highest BCUT2D eigenvalue weighted by Gasteiger charge is 2.13. The van der Waals surface area contributed by atoms with Crippen molar-refractivity contribution in [2.45, 2.75) is 0 Å². The first-order chi connectivity index (χ1) is 21.5. The Morgan fingerprint density at radius 3 is 0.500 bits per heavy atom. The number of carbonyl (C=O) groups excluding carboxylic acids is 4. The zero-order valence-electron chi connectivity index (χ0n) is 23.8. The summed E-state index contributed by atoms with van der Waals surface area (Å²) < 4.78 is 0. The van der Waals surface area contributed by atoms with E-state index in [4.69, 9.17) is 0 Å². The highest BCUT2D eigenvalue weighted by atomic mass is 16.1. The first-order valence-corrected chi connectivity index (χ1v) is 14.1. The van der Waals surface area contributed by atoms with Gasteiger partial charge in [0, 0.05) is 44.5 Å². The van der Waals surface area contributed by atoms with Gasteiger partial charge in [-0.3, -0.25) is 19.2 Å². The standard InChI is InChI=1S/2C20H14O2/c2*21-19(15-7-3-1-4-8-15)17-11-13-18(14-12-17)20(22)16-9-5-2-6-10-16/h2*1-14H. The molecule has 0 heterocycles. The van der Waals surface area contributed by atoms with Crippen molar-refractivity contribution in [1.29, 1.82) is 0 Å². The lowest BCUT2D eigenvalue weighted by Gasteiger charge is -2.04. The fraction of sp³-hybridized carbons (Fsp3) is 0. The Morgan fingerprint density at radius 2 is 0.341 bits per heavy atom. The molecule has 0 aliphatic rings. The van der Waals surface area contributed by atoms with Gasteiger partial charge in [-0.05, 0) is 0 Å². The van der Waals surface area contributed by atoms with Crippen LogP contribution in [-0.2, 0) is 0 Å². The summed E-state index contributed by atoms with van der Waals surface area (Å²) in [6.45, 7) is 0. The molecule has 0 aromatic heterocycles.